The molecule has 2 aliphatic rings. The normalized spacial score (nSPS) is 31.1. The first-order valence-electron chi connectivity index (χ1n) is 7.51. The molecular weight excluding hydrogens is 276 g/mol. The Morgan fingerprint density at radius 2 is 1.75 bits per heavy atom. The fourth-order valence-corrected chi connectivity index (χ4v) is 5.36. The lowest BCUT2D eigenvalue weighted by atomic mass is 10.0. The summed E-state index contributed by atoms with van der Waals surface area (Å²) in [5, 5.41) is 3.32. The number of nitrogens with zero attached hydrogens (tertiary/aromatic N) is 1. The fourth-order valence-electron chi connectivity index (χ4n) is 3.34. The van der Waals surface area contributed by atoms with Crippen molar-refractivity contribution in [3.8, 4) is 0 Å². The second kappa shape index (κ2) is 5.55. The smallest absolute Gasteiger partial charge is 0.215 e. The molecule has 0 aliphatic carbocycles. The summed E-state index contributed by atoms with van der Waals surface area (Å²) in [4.78, 5) is 0. The van der Waals surface area contributed by atoms with Gasteiger partial charge in [-0.2, -0.15) is 4.31 Å². The lowest BCUT2D eigenvalue weighted by Crippen LogP contribution is -2.59. The molecule has 0 radical (unpaired) electrons. The van der Waals surface area contributed by atoms with Gasteiger partial charge < -0.3 is 10.1 Å². The third kappa shape index (κ3) is 4.16. The van der Waals surface area contributed by atoms with Crippen LogP contribution in [-0.2, 0) is 14.8 Å². The maximum atomic E-state index is 12.7. The van der Waals surface area contributed by atoms with E-state index < -0.39 is 21.2 Å². The van der Waals surface area contributed by atoms with Crippen molar-refractivity contribution in [2.75, 3.05) is 25.4 Å². The number of sulfonamides is 1. The van der Waals surface area contributed by atoms with Gasteiger partial charge in [0, 0.05) is 19.1 Å². The summed E-state index contributed by atoms with van der Waals surface area (Å²) in [6, 6.07) is 0.0998. The number of hydrogen-bond donors (Lipinski definition) is 1. The Bertz CT molecular complexity index is 423. The van der Waals surface area contributed by atoms with Crippen molar-refractivity contribution < 1.29 is 13.2 Å². The summed E-state index contributed by atoms with van der Waals surface area (Å²) in [6.07, 6.45) is 3.22. The molecule has 2 rings (SSSR count). The first-order chi connectivity index (χ1) is 9.10. The molecule has 5 nitrogen and oxygen atoms in total. The highest BCUT2D eigenvalue weighted by Crippen LogP contribution is 2.30. The molecule has 0 spiro atoms. The van der Waals surface area contributed by atoms with E-state index in [-0.39, 0.29) is 11.8 Å². The van der Waals surface area contributed by atoms with Crippen molar-refractivity contribution in [1.29, 1.82) is 0 Å². The van der Waals surface area contributed by atoms with Gasteiger partial charge in [0.25, 0.3) is 0 Å². The molecular formula is C14H28N2O3S. The SMILES string of the molecule is CC1(C)CN(S(=O)(=O)CC2CCCCN2)CC(C)(C)O1. The molecule has 118 valence electrons. The van der Waals surface area contributed by atoms with Crippen LogP contribution in [0.3, 0.4) is 0 Å². The van der Waals surface area contributed by atoms with Crippen molar-refractivity contribution in [3.63, 3.8) is 0 Å². The van der Waals surface area contributed by atoms with Gasteiger partial charge in [-0.15, -0.1) is 0 Å². The Balaban J connectivity index is 2.07. The quantitative estimate of drug-likeness (QED) is 0.855. The first kappa shape index (κ1) is 16.2. The van der Waals surface area contributed by atoms with Gasteiger partial charge in [-0.05, 0) is 47.1 Å². The van der Waals surface area contributed by atoms with Crippen LogP contribution < -0.4 is 5.32 Å². The van der Waals surface area contributed by atoms with E-state index in [2.05, 4.69) is 5.32 Å². The molecule has 6 heteroatoms. The Morgan fingerprint density at radius 1 is 1.15 bits per heavy atom. The van der Waals surface area contributed by atoms with Crippen molar-refractivity contribution in [2.45, 2.75) is 64.2 Å². The lowest BCUT2D eigenvalue weighted by molar-refractivity contribution is -0.163. The van der Waals surface area contributed by atoms with Gasteiger partial charge in [-0.25, -0.2) is 8.42 Å². The van der Waals surface area contributed by atoms with Crippen LogP contribution in [-0.4, -0.2) is 55.4 Å². The maximum Gasteiger partial charge on any atom is 0.215 e. The molecule has 2 saturated heterocycles. The molecule has 0 aromatic heterocycles. The number of ether oxygens (including phenoxy) is 1. The standard InChI is InChI=1S/C14H28N2O3S/c1-13(2)10-16(11-14(3,4)19-13)20(17,18)9-12-7-5-6-8-15-12/h12,15H,5-11H2,1-4H3. The highest BCUT2D eigenvalue weighted by Gasteiger charge is 2.43. The number of rotatable bonds is 3. The summed E-state index contributed by atoms with van der Waals surface area (Å²) < 4.78 is 32.9. The van der Waals surface area contributed by atoms with E-state index in [0.717, 1.165) is 25.8 Å². The number of hydrogen-bond acceptors (Lipinski definition) is 4. The molecule has 0 amide bonds. The van der Waals surface area contributed by atoms with E-state index >= 15 is 0 Å². The monoisotopic (exact) mass is 304 g/mol. The van der Waals surface area contributed by atoms with Gasteiger partial charge in [0.05, 0.1) is 17.0 Å². The van der Waals surface area contributed by atoms with Crippen LogP contribution in [0.5, 0.6) is 0 Å². The van der Waals surface area contributed by atoms with Gasteiger partial charge in [0.2, 0.25) is 10.0 Å². The van der Waals surface area contributed by atoms with Gasteiger partial charge in [0.15, 0.2) is 0 Å². The summed E-state index contributed by atoms with van der Waals surface area (Å²) in [7, 11) is -3.23. The van der Waals surface area contributed by atoms with E-state index in [0.29, 0.717) is 13.1 Å². The molecule has 1 atom stereocenters. The number of piperidine rings is 1. The van der Waals surface area contributed by atoms with Crippen molar-refractivity contribution in [2.24, 2.45) is 0 Å². The highest BCUT2D eigenvalue weighted by atomic mass is 32.2. The number of morpholine rings is 1. The van der Waals surface area contributed by atoms with Crippen LogP contribution in [0.25, 0.3) is 0 Å². The van der Waals surface area contributed by atoms with Gasteiger partial charge in [-0.1, -0.05) is 6.42 Å². The third-order valence-corrected chi connectivity index (χ3v) is 5.75. The molecule has 0 aromatic rings. The minimum Gasteiger partial charge on any atom is -0.367 e. The molecule has 2 heterocycles. The molecule has 0 bridgehead atoms. The van der Waals surface area contributed by atoms with Gasteiger partial charge in [-0.3, -0.25) is 0 Å². The Kier molecular flexibility index (Phi) is 4.50. The van der Waals surface area contributed by atoms with E-state index in [1.165, 1.54) is 0 Å². The van der Waals surface area contributed by atoms with Gasteiger partial charge >= 0.3 is 0 Å². The van der Waals surface area contributed by atoms with E-state index in [9.17, 15) is 8.42 Å². The molecule has 0 aromatic carbocycles. The molecule has 2 aliphatic heterocycles. The van der Waals surface area contributed by atoms with E-state index in [1.54, 1.807) is 4.31 Å². The summed E-state index contributed by atoms with van der Waals surface area (Å²) in [6.45, 7) is 9.62. The topological polar surface area (TPSA) is 58.6 Å². The summed E-state index contributed by atoms with van der Waals surface area (Å²) >= 11 is 0. The van der Waals surface area contributed by atoms with Crippen LogP contribution in [0.1, 0.15) is 47.0 Å². The van der Waals surface area contributed by atoms with Crippen molar-refractivity contribution in [1.82, 2.24) is 9.62 Å². The number of nitrogens with one attached hydrogen (secondary N) is 1. The Hall–Kier alpha value is -0.170. The minimum absolute atomic E-state index is 0.0998. The molecule has 20 heavy (non-hydrogen) atoms. The second-order valence-electron chi connectivity index (χ2n) is 7.31. The predicted molar refractivity (Wildman–Crippen MR) is 80.2 cm³/mol. The van der Waals surface area contributed by atoms with Crippen LogP contribution >= 0.6 is 0 Å². The zero-order valence-corrected chi connectivity index (χ0v) is 13.9. The van der Waals surface area contributed by atoms with Crippen LogP contribution in [0.4, 0.5) is 0 Å². The fraction of sp³-hybridized carbons (Fsp3) is 1.00. The largest absolute Gasteiger partial charge is 0.367 e. The maximum absolute atomic E-state index is 12.7. The zero-order chi connectivity index (χ0) is 15.0. The van der Waals surface area contributed by atoms with Crippen LogP contribution in [0.15, 0.2) is 0 Å². The van der Waals surface area contributed by atoms with E-state index in [1.807, 2.05) is 27.7 Å². The molecule has 1 unspecified atom stereocenters. The average molecular weight is 304 g/mol. The second-order valence-corrected chi connectivity index (χ2v) is 9.33. The molecule has 1 N–H and O–H groups in total. The Labute approximate surface area is 123 Å². The van der Waals surface area contributed by atoms with Crippen LogP contribution in [0, 0.1) is 0 Å². The molecule has 2 fully saturated rings. The minimum atomic E-state index is -3.23. The van der Waals surface area contributed by atoms with Crippen LogP contribution in [0.2, 0.25) is 0 Å². The summed E-state index contributed by atoms with van der Waals surface area (Å²) in [5.74, 6) is 0.208. The Morgan fingerprint density at radius 3 is 2.25 bits per heavy atom. The first-order valence-corrected chi connectivity index (χ1v) is 9.12. The van der Waals surface area contributed by atoms with E-state index in [4.69, 9.17) is 4.74 Å². The lowest BCUT2D eigenvalue weighted by Gasteiger charge is -2.46. The van der Waals surface area contributed by atoms with Crippen molar-refractivity contribution in [3.05, 3.63) is 0 Å². The third-order valence-electron chi connectivity index (χ3n) is 3.88. The predicted octanol–water partition coefficient (Wildman–Crippen LogP) is 1.35. The van der Waals surface area contributed by atoms with Gasteiger partial charge in [0.1, 0.15) is 0 Å². The van der Waals surface area contributed by atoms with Crippen molar-refractivity contribution >= 4 is 10.0 Å². The average Bonchev–Trinajstić information content (AvgIpc) is 2.25. The zero-order valence-electron chi connectivity index (χ0n) is 13.1. The molecule has 0 saturated carbocycles. The summed E-state index contributed by atoms with van der Waals surface area (Å²) in [5.41, 5.74) is -0.871. The highest BCUT2D eigenvalue weighted by molar-refractivity contribution is 7.89.